The molecule has 0 spiro atoms. The molecule has 5 N–H and O–H groups in total. The lowest BCUT2D eigenvalue weighted by Gasteiger charge is -2.10. The van der Waals surface area contributed by atoms with Gasteiger partial charge in [-0.3, -0.25) is 39.2 Å². The van der Waals surface area contributed by atoms with Crippen LogP contribution in [0.3, 0.4) is 0 Å². The van der Waals surface area contributed by atoms with Crippen molar-refractivity contribution in [3.05, 3.63) is 81.0 Å². The van der Waals surface area contributed by atoms with Gasteiger partial charge in [-0.15, -0.1) is 0 Å². The van der Waals surface area contributed by atoms with Gasteiger partial charge in [0, 0.05) is 18.7 Å². The summed E-state index contributed by atoms with van der Waals surface area (Å²) in [5.74, 6) is -1.26. The number of hydrazine groups is 1. The number of aryl methyl sites for hydroxylation is 1. The Morgan fingerprint density at radius 3 is 2.17 bits per heavy atom. The Balaban J connectivity index is 1.20. The van der Waals surface area contributed by atoms with Crippen LogP contribution in [0.25, 0.3) is 22.6 Å². The van der Waals surface area contributed by atoms with Crippen molar-refractivity contribution in [3.8, 4) is 17.1 Å². The van der Waals surface area contributed by atoms with E-state index in [4.69, 9.17) is 9.47 Å². The number of hydrogen-bond donors (Lipinski definition) is 5. The molecule has 0 fully saturated rings. The molecule has 4 amide bonds. The lowest BCUT2D eigenvalue weighted by molar-refractivity contribution is -0.130. The first-order valence-corrected chi connectivity index (χ1v) is 15.0. The molecule has 16 nitrogen and oxygen atoms in total. The van der Waals surface area contributed by atoms with Gasteiger partial charge in [0.25, 0.3) is 17.4 Å². The number of carbonyl (C=O) groups excluding carboxylic acids is 4. The van der Waals surface area contributed by atoms with E-state index >= 15 is 0 Å². The zero-order valence-electron chi connectivity index (χ0n) is 26.0. The van der Waals surface area contributed by atoms with E-state index < -0.39 is 54.8 Å². The minimum absolute atomic E-state index is 0.0432. The van der Waals surface area contributed by atoms with E-state index in [1.54, 1.807) is 48.5 Å². The van der Waals surface area contributed by atoms with E-state index in [0.29, 0.717) is 48.7 Å². The van der Waals surface area contributed by atoms with Gasteiger partial charge in [0.1, 0.15) is 30.2 Å². The minimum Gasteiger partial charge on any atom is -0.484 e. The number of ether oxygens (including phenoxy) is 2. The van der Waals surface area contributed by atoms with Gasteiger partial charge in [0.2, 0.25) is 5.91 Å². The topological polar surface area (TPSA) is 208 Å². The van der Waals surface area contributed by atoms with Gasteiger partial charge in [-0.2, -0.15) is 0 Å². The Kier molecular flexibility index (Phi) is 11.8. The van der Waals surface area contributed by atoms with Gasteiger partial charge in [0.15, 0.2) is 12.3 Å². The Hall–Kier alpha value is -5.93. The highest BCUT2D eigenvalue weighted by atomic mass is 16.5. The number of hydrogen-bond acceptors (Lipinski definition) is 9. The average molecular weight is 649 g/mol. The van der Waals surface area contributed by atoms with E-state index in [9.17, 15) is 28.8 Å². The van der Waals surface area contributed by atoms with Crippen LogP contribution >= 0.6 is 0 Å². The van der Waals surface area contributed by atoms with Crippen LogP contribution in [-0.4, -0.2) is 62.6 Å². The lowest BCUT2D eigenvalue weighted by atomic mass is 10.2. The maximum Gasteiger partial charge on any atom is 0.407 e. The van der Waals surface area contributed by atoms with Crippen LogP contribution in [0.1, 0.15) is 32.3 Å². The zero-order valence-corrected chi connectivity index (χ0v) is 26.0. The molecule has 47 heavy (non-hydrogen) atoms. The Morgan fingerprint density at radius 2 is 1.47 bits per heavy atom. The van der Waals surface area contributed by atoms with Crippen molar-refractivity contribution in [1.82, 2.24) is 40.6 Å². The van der Waals surface area contributed by atoms with Crippen LogP contribution in [-0.2, 0) is 38.8 Å². The molecule has 0 saturated heterocycles. The maximum absolute atomic E-state index is 13.0. The maximum atomic E-state index is 13.0. The fourth-order valence-electron chi connectivity index (χ4n) is 4.39. The third kappa shape index (κ3) is 9.29. The SMILES string of the molecule is CCCn1c(=O)c2[nH]c(-c3ccc(OCC(=O)NNC(=O)CNC(=O)CNC(=O)OCc4ccccc4)cc3)nc2n(CCC)c1=O. The van der Waals surface area contributed by atoms with Crippen molar-refractivity contribution in [1.29, 1.82) is 0 Å². The Labute approximate surface area is 268 Å². The number of fused-ring (bicyclic) bond motifs is 1. The highest BCUT2D eigenvalue weighted by molar-refractivity contribution is 5.88. The summed E-state index contributed by atoms with van der Waals surface area (Å²) in [5, 5.41) is 4.57. The van der Waals surface area contributed by atoms with Crippen molar-refractivity contribution < 1.29 is 28.7 Å². The number of H-pyrrole nitrogens is 1. The first-order valence-electron chi connectivity index (χ1n) is 15.0. The second kappa shape index (κ2) is 16.4. The molecule has 2 heterocycles. The number of rotatable bonds is 14. The summed E-state index contributed by atoms with van der Waals surface area (Å²) >= 11 is 0. The number of carbonyl (C=O) groups is 4. The molecule has 4 rings (SSSR count). The summed E-state index contributed by atoms with van der Waals surface area (Å²) < 4.78 is 13.2. The summed E-state index contributed by atoms with van der Waals surface area (Å²) in [6.07, 6.45) is 0.531. The molecule has 2 aromatic heterocycles. The first-order chi connectivity index (χ1) is 22.7. The van der Waals surface area contributed by atoms with Crippen LogP contribution in [0.5, 0.6) is 5.75 Å². The highest BCUT2D eigenvalue weighted by Gasteiger charge is 2.17. The molecule has 0 atom stereocenters. The number of imidazole rings is 1. The molecular formula is C31H36N8O8. The van der Waals surface area contributed by atoms with Crippen LogP contribution in [0.4, 0.5) is 4.79 Å². The summed E-state index contributed by atoms with van der Waals surface area (Å²) in [6.45, 7) is 3.30. The number of nitrogens with one attached hydrogen (secondary N) is 5. The van der Waals surface area contributed by atoms with Crippen molar-refractivity contribution >= 4 is 35.0 Å². The standard InChI is InChI=1S/C31H36N8O8/c1-3-14-38-28-26(29(43)39(15-4-2)31(38)45)34-27(35-28)21-10-12-22(13-11-21)46-19-25(42)37-36-24(41)17-32-23(40)16-33-30(44)47-18-20-8-6-5-7-9-20/h5-13H,3-4,14-19H2,1-2H3,(H,32,40)(H,33,44)(H,34,35)(H,36,41)(H,37,42). The third-order valence-electron chi connectivity index (χ3n) is 6.65. The predicted octanol–water partition coefficient (Wildman–Crippen LogP) is 0.942. The fraction of sp³-hybridized carbons (Fsp3) is 0.323. The summed E-state index contributed by atoms with van der Waals surface area (Å²) in [7, 11) is 0. The molecule has 0 bridgehead atoms. The van der Waals surface area contributed by atoms with Gasteiger partial charge in [0.05, 0.1) is 6.54 Å². The van der Waals surface area contributed by atoms with Crippen LogP contribution in [0, 0.1) is 0 Å². The molecule has 2 aromatic carbocycles. The van der Waals surface area contributed by atoms with E-state index in [-0.39, 0.29) is 12.1 Å². The van der Waals surface area contributed by atoms with Crippen molar-refractivity contribution in [3.63, 3.8) is 0 Å². The van der Waals surface area contributed by atoms with Crippen molar-refractivity contribution in [2.45, 2.75) is 46.4 Å². The summed E-state index contributed by atoms with van der Waals surface area (Å²) in [5.41, 5.74) is 5.45. The van der Waals surface area contributed by atoms with Crippen molar-refractivity contribution in [2.75, 3.05) is 19.7 Å². The van der Waals surface area contributed by atoms with Crippen molar-refractivity contribution in [2.24, 2.45) is 0 Å². The van der Waals surface area contributed by atoms with Crippen LogP contribution < -0.4 is 37.5 Å². The third-order valence-corrected chi connectivity index (χ3v) is 6.65. The van der Waals surface area contributed by atoms with E-state index in [0.717, 1.165) is 5.56 Å². The predicted molar refractivity (Wildman–Crippen MR) is 170 cm³/mol. The molecule has 0 unspecified atom stereocenters. The molecular weight excluding hydrogens is 612 g/mol. The quantitative estimate of drug-likeness (QED) is 0.123. The second-order valence-corrected chi connectivity index (χ2v) is 10.3. The summed E-state index contributed by atoms with van der Waals surface area (Å²) in [6, 6.07) is 15.6. The fourth-order valence-corrected chi connectivity index (χ4v) is 4.39. The number of aromatic nitrogens is 4. The number of nitrogens with zero attached hydrogens (tertiary/aromatic N) is 3. The Morgan fingerprint density at radius 1 is 0.809 bits per heavy atom. The number of alkyl carbamates (subject to hydrolysis) is 1. The molecule has 16 heteroatoms. The molecule has 0 radical (unpaired) electrons. The van der Waals surface area contributed by atoms with Crippen LogP contribution in [0.15, 0.2) is 64.2 Å². The van der Waals surface area contributed by atoms with E-state index in [1.165, 1.54) is 9.13 Å². The largest absolute Gasteiger partial charge is 0.484 e. The van der Waals surface area contributed by atoms with Gasteiger partial charge in [-0.1, -0.05) is 44.2 Å². The molecule has 4 aromatic rings. The monoisotopic (exact) mass is 648 g/mol. The second-order valence-electron chi connectivity index (χ2n) is 10.3. The van der Waals surface area contributed by atoms with Gasteiger partial charge in [-0.05, 0) is 42.7 Å². The lowest BCUT2D eigenvalue weighted by Crippen LogP contribution is -2.48. The van der Waals surface area contributed by atoms with Gasteiger partial charge >= 0.3 is 11.8 Å². The number of aromatic amines is 1. The normalized spacial score (nSPS) is 10.7. The van der Waals surface area contributed by atoms with Gasteiger partial charge in [-0.25, -0.2) is 14.6 Å². The molecule has 248 valence electrons. The van der Waals surface area contributed by atoms with E-state index in [2.05, 4.69) is 31.5 Å². The van der Waals surface area contributed by atoms with Gasteiger partial charge < -0.3 is 25.1 Å². The average Bonchev–Trinajstić information content (AvgIpc) is 3.53. The first kappa shape index (κ1) is 34.0. The molecule has 0 saturated carbocycles. The smallest absolute Gasteiger partial charge is 0.407 e. The van der Waals surface area contributed by atoms with Crippen LogP contribution in [0.2, 0.25) is 0 Å². The number of amides is 4. The molecule has 0 aliphatic carbocycles. The zero-order chi connectivity index (χ0) is 33.8. The highest BCUT2D eigenvalue weighted by Crippen LogP contribution is 2.22. The minimum atomic E-state index is -0.790. The molecule has 0 aliphatic heterocycles. The summed E-state index contributed by atoms with van der Waals surface area (Å²) in [4.78, 5) is 81.2. The van der Waals surface area contributed by atoms with E-state index in [1.807, 2.05) is 19.9 Å². The number of benzene rings is 2. The Bertz CT molecular complexity index is 1830. The molecule has 0 aliphatic rings.